The van der Waals surface area contributed by atoms with Crippen molar-refractivity contribution in [3.8, 4) is 0 Å². The van der Waals surface area contributed by atoms with Crippen LogP contribution >= 0.6 is 0 Å². The number of hydrogen-bond acceptors (Lipinski definition) is 4. The zero-order chi connectivity index (χ0) is 14.6. The van der Waals surface area contributed by atoms with E-state index < -0.39 is 0 Å². The molecule has 0 aromatic carbocycles. The van der Waals surface area contributed by atoms with Gasteiger partial charge in [-0.25, -0.2) is 0 Å². The minimum absolute atomic E-state index is 0.409. The number of nitrogens with zero attached hydrogens (tertiary/aromatic N) is 2. The van der Waals surface area contributed by atoms with E-state index in [4.69, 9.17) is 9.47 Å². The molecule has 0 saturated heterocycles. The van der Waals surface area contributed by atoms with Crippen LogP contribution in [0, 0.1) is 0 Å². The smallest absolute Gasteiger partial charge is 0.0662 e. The lowest BCUT2D eigenvalue weighted by Crippen LogP contribution is -2.21. The van der Waals surface area contributed by atoms with Gasteiger partial charge in [-0.15, -0.1) is 0 Å². The van der Waals surface area contributed by atoms with Gasteiger partial charge in [-0.2, -0.15) is 5.10 Å². The third-order valence-electron chi connectivity index (χ3n) is 3.21. The Morgan fingerprint density at radius 1 is 1.30 bits per heavy atom. The lowest BCUT2D eigenvalue weighted by Gasteiger charge is -2.14. The summed E-state index contributed by atoms with van der Waals surface area (Å²) in [5.41, 5.74) is 1.26. The first-order valence-corrected chi connectivity index (χ1v) is 7.64. The van der Waals surface area contributed by atoms with Crippen molar-refractivity contribution in [2.75, 3.05) is 33.5 Å². The first-order chi connectivity index (χ1) is 9.81. The topological polar surface area (TPSA) is 48.3 Å². The summed E-state index contributed by atoms with van der Waals surface area (Å²) in [6, 6.07) is 0.409. The molecular formula is C15H29N3O2. The molecule has 5 nitrogen and oxygen atoms in total. The van der Waals surface area contributed by atoms with Crippen LogP contribution in [0.2, 0.25) is 0 Å². The molecule has 0 aliphatic carbocycles. The lowest BCUT2D eigenvalue weighted by molar-refractivity contribution is 0.0961. The summed E-state index contributed by atoms with van der Waals surface area (Å²) in [6.07, 6.45) is 7.26. The molecule has 0 bridgehead atoms. The molecular weight excluding hydrogens is 254 g/mol. The van der Waals surface area contributed by atoms with E-state index in [2.05, 4.69) is 30.5 Å². The Hall–Kier alpha value is -0.910. The number of hydrogen-bond donors (Lipinski definition) is 1. The van der Waals surface area contributed by atoms with Crippen LogP contribution < -0.4 is 5.32 Å². The summed E-state index contributed by atoms with van der Waals surface area (Å²) < 4.78 is 12.5. The summed E-state index contributed by atoms with van der Waals surface area (Å²) >= 11 is 0. The highest BCUT2D eigenvalue weighted by molar-refractivity contribution is 5.10. The average Bonchev–Trinajstić information content (AvgIpc) is 2.92. The van der Waals surface area contributed by atoms with Gasteiger partial charge in [0.15, 0.2) is 0 Å². The van der Waals surface area contributed by atoms with Crippen molar-refractivity contribution in [2.45, 2.75) is 45.7 Å². The minimum atomic E-state index is 0.409. The van der Waals surface area contributed by atoms with E-state index in [1.807, 2.05) is 10.9 Å². The fraction of sp³-hybridized carbons (Fsp3) is 0.800. The molecule has 20 heavy (non-hydrogen) atoms. The van der Waals surface area contributed by atoms with Gasteiger partial charge in [0, 0.05) is 38.1 Å². The van der Waals surface area contributed by atoms with Gasteiger partial charge in [-0.05, 0) is 25.8 Å². The van der Waals surface area contributed by atoms with Gasteiger partial charge in [0.25, 0.3) is 0 Å². The maximum absolute atomic E-state index is 5.54. The molecule has 1 aromatic heterocycles. The molecule has 116 valence electrons. The fourth-order valence-corrected chi connectivity index (χ4v) is 2.06. The van der Waals surface area contributed by atoms with Crippen LogP contribution in [-0.4, -0.2) is 43.3 Å². The summed E-state index contributed by atoms with van der Waals surface area (Å²) in [5, 5.41) is 7.94. The number of ether oxygens (including phenoxy) is 2. The Kier molecular flexibility index (Phi) is 9.28. The van der Waals surface area contributed by atoms with Crippen molar-refractivity contribution in [3.05, 3.63) is 18.0 Å². The monoisotopic (exact) mass is 283 g/mol. The Morgan fingerprint density at radius 3 is 2.85 bits per heavy atom. The van der Waals surface area contributed by atoms with Crippen molar-refractivity contribution in [3.63, 3.8) is 0 Å². The SMILES string of the molecule is CCCNC(CC)c1cnn(CCOCCCOC)c1. The van der Waals surface area contributed by atoms with E-state index >= 15 is 0 Å². The van der Waals surface area contributed by atoms with Crippen molar-refractivity contribution < 1.29 is 9.47 Å². The molecule has 0 fully saturated rings. The maximum Gasteiger partial charge on any atom is 0.0662 e. The van der Waals surface area contributed by atoms with Crippen molar-refractivity contribution in [1.82, 2.24) is 15.1 Å². The molecule has 1 N–H and O–H groups in total. The van der Waals surface area contributed by atoms with Gasteiger partial charge < -0.3 is 14.8 Å². The van der Waals surface area contributed by atoms with Gasteiger partial charge in [0.1, 0.15) is 0 Å². The summed E-state index contributed by atoms with van der Waals surface area (Å²) in [7, 11) is 1.71. The van der Waals surface area contributed by atoms with Crippen LogP contribution in [0.1, 0.15) is 44.7 Å². The lowest BCUT2D eigenvalue weighted by atomic mass is 10.1. The predicted octanol–water partition coefficient (Wildman–Crippen LogP) is 2.39. The Bertz CT molecular complexity index is 342. The van der Waals surface area contributed by atoms with Crippen molar-refractivity contribution in [2.24, 2.45) is 0 Å². The highest BCUT2D eigenvalue weighted by Crippen LogP contribution is 2.15. The summed E-state index contributed by atoms with van der Waals surface area (Å²) in [5.74, 6) is 0. The molecule has 0 amide bonds. The van der Waals surface area contributed by atoms with Gasteiger partial charge in [0.05, 0.1) is 19.3 Å². The Labute approximate surface area is 122 Å². The van der Waals surface area contributed by atoms with Crippen molar-refractivity contribution >= 4 is 0 Å². The number of aromatic nitrogens is 2. The Morgan fingerprint density at radius 2 is 2.15 bits per heavy atom. The molecule has 0 aliphatic rings. The Balaban J connectivity index is 2.27. The van der Waals surface area contributed by atoms with E-state index in [1.165, 1.54) is 5.56 Å². The first-order valence-electron chi connectivity index (χ1n) is 7.64. The van der Waals surface area contributed by atoms with Crippen LogP contribution in [0.15, 0.2) is 12.4 Å². The molecule has 5 heteroatoms. The maximum atomic E-state index is 5.54. The van der Waals surface area contributed by atoms with Crippen LogP contribution in [0.4, 0.5) is 0 Å². The molecule has 1 heterocycles. The predicted molar refractivity (Wildman–Crippen MR) is 80.9 cm³/mol. The fourth-order valence-electron chi connectivity index (χ4n) is 2.06. The van der Waals surface area contributed by atoms with E-state index in [0.29, 0.717) is 12.6 Å². The minimum Gasteiger partial charge on any atom is -0.385 e. The van der Waals surface area contributed by atoms with Crippen LogP contribution in [0.3, 0.4) is 0 Å². The molecule has 0 saturated carbocycles. The quantitative estimate of drug-likeness (QED) is 0.598. The third-order valence-corrected chi connectivity index (χ3v) is 3.21. The molecule has 0 radical (unpaired) electrons. The number of rotatable bonds is 12. The highest BCUT2D eigenvalue weighted by atomic mass is 16.5. The standard InChI is InChI=1S/C15H29N3O2/c1-4-7-16-15(5-2)14-12-17-18(13-14)8-11-20-10-6-9-19-3/h12-13,15-16H,4-11H2,1-3H3. The largest absolute Gasteiger partial charge is 0.385 e. The normalized spacial score (nSPS) is 12.8. The second-order valence-electron chi connectivity index (χ2n) is 4.91. The molecule has 1 atom stereocenters. The summed E-state index contributed by atoms with van der Waals surface area (Å²) in [4.78, 5) is 0. The number of methoxy groups -OCH3 is 1. The average molecular weight is 283 g/mol. The molecule has 1 aromatic rings. The van der Waals surface area contributed by atoms with Crippen molar-refractivity contribution in [1.29, 1.82) is 0 Å². The van der Waals surface area contributed by atoms with Gasteiger partial charge in [-0.1, -0.05) is 13.8 Å². The van der Waals surface area contributed by atoms with E-state index in [9.17, 15) is 0 Å². The zero-order valence-electron chi connectivity index (χ0n) is 13.1. The number of nitrogens with one attached hydrogen (secondary N) is 1. The van der Waals surface area contributed by atoms with Gasteiger partial charge in [-0.3, -0.25) is 4.68 Å². The summed E-state index contributed by atoms with van der Waals surface area (Å²) in [6.45, 7) is 8.44. The van der Waals surface area contributed by atoms with E-state index in [-0.39, 0.29) is 0 Å². The second kappa shape index (κ2) is 10.8. The van der Waals surface area contributed by atoms with E-state index in [1.54, 1.807) is 7.11 Å². The highest BCUT2D eigenvalue weighted by Gasteiger charge is 2.10. The zero-order valence-corrected chi connectivity index (χ0v) is 13.1. The molecule has 1 unspecified atom stereocenters. The van der Waals surface area contributed by atoms with E-state index in [0.717, 1.165) is 45.6 Å². The van der Waals surface area contributed by atoms with Gasteiger partial charge in [0.2, 0.25) is 0 Å². The van der Waals surface area contributed by atoms with Crippen LogP contribution in [-0.2, 0) is 16.0 Å². The molecule has 0 spiro atoms. The molecule has 1 rings (SSSR count). The second-order valence-corrected chi connectivity index (χ2v) is 4.91. The molecule has 0 aliphatic heterocycles. The van der Waals surface area contributed by atoms with Crippen LogP contribution in [0.5, 0.6) is 0 Å². The third kappa shape index (κ3) is 6.50. The van der Waals surface area contributed by atoms with Gasteiger partial charge >= 0.3 is 0 Å². The van der Waals surface area contributed by atoms with Crippen LogP contribution in [0.25, 0.3) is 0 Å². The first kappa shape index (κ1) is 17.1.